The Balaban J connectivity index is 2.32. The zero-order valence-electron chi connectivity index (χ0n) is 10.6. The molecule has 1 aromatic carbocycles. The molecule has 0 heterocycles. The first-order chi connectivity index (χ1) is 8.11. The first-order valence-electron chi connectivity index (χ1n) is 6.08. The van der Waals surface area contributed by atoms with Gasteiger partial charge < -0.3 is 5.11 Å². The highest BCUT2D eigenvalue weighted by Gasteiger charge is 2.10. The number of hydrogen-bond donors (Lipinski definition) is 1. The van der Waals surface area contributed by atoms with Gasteiger partial charge in [0, 0.05) is 12.5 Å². The molecule has 3 nitrogen and oxygen atoms in total. The minimum absolute atomic E-state index is 0.271. The number of unbranched alkanes of at least 4 members (excludes halogenated alkanes) is 1. The highest BCUT2D eigenvalue weighted by atomic mass is 16.4. The second kappa shape index (κ2) is 7.07. The lowest BCUT2D eigenvalue weighted by Gasteiger charge is -2.24. The number of nitrogens with zero attached hydrogens (tertiary/aromatic N) is 1. The second-order valence-electron chi connectivity index (χ2n) is 4.42. The smallest absolute Gasteiger partial charge is 0.303 e. The Bertz CT molecular complexity index is 337. The largest absolute Gasteiger partial charge is 0.481 e. The second-order valence-corrected chi connectivity index (χ2v) is 4.42. The molecule has 0 radical (unpaired) electrons. The molecule has 0 amide bonds. The number of rotatable bonds is 7. The molecule has 0 aliphatic rings. The van der Waals surface area contributed by atoms with Crippen LogP contribution in [-0.4, -0.2) is 29.6 Å². The van der Waals surface area contributed by atoms with Gasteiger partial charge in [-0.05, 0) is 38.9 Å². The SMILES string of the molecule is CC(c1ccccc1)N(C)CCCCC(=O)O. The molecule has 0 aliphatic carbocycles. The summed E-state index contributed by atoms with van der Waals surface area (Å²) in [5.41, 5.74) is 1.30. The molecule has 1 aromatic rings. The number of aliphatic carboxylic acids is 1. The molecule has 1 rings (SSSR count). The minimum atomic E-state index is -0.705. The predicted octanol–water partition coefficient (Wildman–Crippen LogP) is 2.93. The van der Waals surface area contributed by atoms with E-state index >= 15 is 0 Å². The van der Waals surface area contributed by atoms with Crippen molar-refractivity contribution in [3.63, 3.8) is 0 Å². The zero-order chi connectivity index (χ0) is 12.7. The van der Waals surface area contributed by atoms with Crippen LogP contribution in [0.15, 0.2) is 30.3 Å². The van der Waals surface area contributed by atoms with Crippen LogP contribution in [0.25, 0.3) is 0 Å². The van der Waals surface area contributed by atoms with Crippen LogP contribution in [0.3, 0.4) is 0 Å². The van der Waals surface area contributed by atoms with Gasteiger partial charge in [0.1, 0.15) is 0 Å². The van der Waals surface area contributed by atoms with Crippen LogP contribution < -0.4 is 0 Å². The van der Waals surface area contributed by atoms with Crippen molar-refractivity contribution in [1.82, 2.24) is 4.90 Å². The van der Waals surface area contributed by atoms with Gasteiger partial charge in [-0.15, -0.1) is 0 Å². The number of hydrogen-bond acceptors (Lipinski definition) is 2. The molecule has 0 spiro atoms. The fraction of sp³-hybridized carbons (Fsp3) is 0.500. The van der Waals surface area contributed by atoms with Crippen LogP contribution in [0.2, 0.25) is 0 Å². The number of carboxylic acid groups (broad SMARTS) is 1. The topological polar surface area (TPSA) is 40.5 Å². The summed E-state index contributed by atoms with van der Waals surface area (Å²) in [6.07, 6.45) is 1.95. The van der Waals surface area contributed by atoms with Gasteiger partial charge in [-0.2, -0.15) is 0 Å². The van der Waals surface area contributed by atoms with Crippen molar-refractivity contribution >= 4 is 5.97 Å². The molecule has 0 aliphatic heterocycles. The van der Waals surface area contributed by atoms with Crippen molar-refractivity contribution in [2.45, 2.75) is 32.2 Å². The maximum absolute atomic E-state index is 10.4. The van der Waals surface area contributed by atoms with E-state index in [-0.39, 0.29) is 6.42 Å². The minimum Gasteiger partial charge on any atom is -0.481 e. The van der Waals surface area contributed by atoms with Gasteiger partial charge in [0.25, 0.3) is 0 Å². The summed E-state index contributed by atoms with van der Waals surface area (Å²) in [7, 11) is 2.08. The maximum Gasteiger partial charge on any atom is 0.303 e. The van der Waals surface area contributed by atoms with Crippen molar-refractivity contribution in [2.75, 3.05) is 13.6 Å². The van der Waals surface area contributed by atoms with E-state index in [0.29, 0.717) is 6.04 Å². The van der Waals surface area contributed by atoms with Crippen LogP contribution in [0.1, 0.15) is 37.8 Å². The molecule has 0 fully saturated rings. The van der Waals surface area contributed by atoms with E-state index in [2.05, 4.69) is 31.0 Å². The Morgan fingerprint density at radius 2 is 1.94 bits per heavy atom. The molecule has 0 saturated carbocycles. The van der Waals surface area contributed by atoms with Crippen molar-refractivity contribution in [3.05, 3.63) is 35.9 Å². The molecule has 1 atom stereocenters. The molecule has 17 heavy (non-hydrogen) atoms. The number of carboxylic acids is 1. The summed E-state index contributed by atoms with van der Waals surface area (Å²) in [5, 5.41) is 8.55. The molecule has 94 valence electrons. The standard InChI is InChI=1S/C14H21NO2/c1-12(13-8-4-3-5-9-13)15(2)11-7-6-10-14(16)17/h3-5,8-9,12H,6-7,10-11H2,1-2H3,(H,16,17). The average Bonchev–Trinajstić information content (AvgIpc) is 2.34. The van der Waals surface area contributed by atoms with Crippen LogP contribution >= 0.6 is 0 Å². The van der Waals surface area contributed by atoms with Crippen molar-refractivity contribution in [3.8, 4) is 0 Å². The van der Waals surface area contributed by atoms with Crippen LogP contribution in [-0.2, 0) is 4.79 Å². The Hall–Kier alpha value is -1.35. The van der Waals surface area contributed by atoms with Gasteiger partial charge >= 0.3 is 5.97 Å². The zero-order valence-corrected chi connectivity index (χ0v) is 10.6. The average molecular weight is 235 g/mol. The van der Waals surface area contributed by atoms with E-state index in [1.165, 1.54) is 5.56 Å². The van der Waals surface area contributed by atoms with Crippen LogP contribution in [0.4, 0.5) is 0 Å². The Labute approximate surface area is 103 Å². The molecular weight excluding hydrogens is 214 g/mol. The molecule has 3 heteroatoms. The van der Waals surface area contributed by atoms with Gasteiger partial charge in [-0.25, -0.2) is 0 Å². The monoisotopic (exact) mass is 235 g/mol. The van der Waals surface area contributed by atoms with Gasteiger partial charge in [0.2, 0.25) is 0 Å². The lowest BCUT2D eigenvalue weighted by Crippen LogP contribution is -2.23. The van der Waals surface area contributed by atoms with Crippen molar-refractivity contribution in [1.29, 1.82) is 0 Å². The van der Waals surface area contributed by atoms with E-state index in [1.807, 2.05) is 18.2 Å². The molecule has 1 N–H and O–H groups in total. The Kier molecular flexibility index (Phi) is 5.70. The number of carbonyl (C=O) groups is 1. The summed E-state index contributed by atoms with van der Waals surface area (Å²) < 4.78 is 0. The summed E-state index contributed by atoms with van der Waals surface area (Å²) in [6, 6.07) is 10.7. The molecule has 0 bridgehead atoms. The van der Waals surface area contributed by atoms with E-state index in [0.717, 1.165) is 19.4 Å². The predicted molar refractivity (Wildman–Crippen MR) is 69.0 cm³/mol. The summed E-state index contributed by atoms with van der Waals surface area (Å²) >= 11 is 0. The quantitative estimate of drug-likeness (QED) is 0.739. The van der Waals surface area contributed by atoms with Crippen LogP contribution in [0.5, 0.6) is 0 Å². The van der Waals surface area contributed by atoms with Crippen LogP contribution in [0, 0.1) is 0 Å². The highest BCUT2D eigenvalue weighted by molar-refractivity contribution is 5.66. The third kappa shape index (κ3) is 5.00. The number of benzene rings is 1. The third-order valence-electron chi connectivity index (χ3n) is 3.09. The maximum atomic E-state index is 10.4. The van der Waals surface area contributed by atoms with E-state index in [9.17, 15) is 4.79 Å². The van der Waals surface area contributed by atoms with E-state index < -0.39 is 5.97 Å². The summed E-state index contributed by atoms with van der Waals surface area (Å²) in [6.45, 7) is 3.11. The van der Waals surface area contributed by atoms with Gasteiger partial charge in [0.15, 0.2) is 0 Å². The van der Waals surface area contributed by atoms with E-state index in [1.54, 1.807) is 0 Å². The van der Waals surface area contributed by atoms with Gasteiger partial charge in [0.05, 0.1) is 0 Å². The molecule has 0 saturated heterocycles. The lowest BCUT2D eigenvalue weighted by molar-refractivity contribution is -0.137. The summed E-state index contributed by atoms with van der Waals surface area (Å²) in [5.74, 6) is -0.705. The Morgan fingerprint density at radius 1 is 1.29 bits per heavy atom. The fourth-order valence-electron chi connectivity index (χ4n) is 1.82. The molecule has 1 unspecified atom stereocenters. The van der Waals surface area contributed by atoms with Gasteiger partial charge in [-0.1, -0.05) is 30.3 Å². The van der Waals surface area contributed by atoms with Crippen molar-refractivity contribution in [2.24, 2.45) is 0 Å². The third-order valence-corrected chi connectivity index (χ3v) is 3.09. The van der Waals surface area contributed by atoms with E-state index in [4.69, 9.17) is 5.11 Å². The normalized spacial score (nSPS) is 12.6. The lowest BCUT2D eigenvalue weighted by atomic mass is 10.1. The molecule has 0 aromatic heterocycles. The van der Waals surface area contributed by atoms with Crippen molar-refractivity contribution < 1.29 is 9.90 Å². The van der Waals surface area contributed by atoms with Gasteiger partial charge in [-0.3, -0.25) is 9.69 Å². The summed E-state index contributed by atoms with van der Waals surface area (Å²) in [4.78, 5) is 12.6. The first-order valence-corrected chi connectivity index (χ1v) is 6.08. The molecular formula is C14H21NO2. The fourth-order valence-corrected chi connectivity index (χ4v) is 1.82. The Morgan fingerprint density at radius 3 is 2.53 bits per heavy atom. The highest BCUT2D eigenvalue weighted by Crippen LogP contribution is 2.18. The first kappa shape index (κ1) is 13.7.